The molecule has 3 N–H and O–H groups in total. The summed E-state index contributed by atoms with van der Waals surface area (Å²) in [6.45, 7) is -0.411. The topological polar surface area (TPSA) is 113 Å². The van der Waals surface area contributed by atoms with E-state index >= 15 is 0 Å². The highest BCUT2D eigenvalue weighted by Gasteiger charge is 2.18. The van der Waals surface area contributed by atoms with Gasteiger partial charge in [0.15, 0.2) is 5.78 Å². The number of rotatable bonds is 7. The third-order valence-electron chi connectivity index (χ3n) is 3.23. The molecular weight excluding hydrogens is 300 g/mol. The number of carbonyl (C=O) groups is 1. The summed E-state index contributed by atoms with van der Waals surface area (Å²) in [5.74, 6) is -0.365. The molecule has 0 aliphatic heterocycles. The average molecular weight is 316 g/mol. The highest BCUT2D eigenvalue weighted by molar-refractivity contribution is 6.12. The highest BCUT2D eigenvalue weighted by Crippen LogP contribution is 2.25. The van der Waals surface area contributed by atoms with Gasteiger partial charge in [-0.3, -0.25) is 14.9 Å². The maximum atomic E-state index is 12.6. The number of anilines is 1. The van der Waals surface area contributed by atoms with Crippen LogP contribution in [0.25, 0.3) is 0 Å². The van der Waals surface area contributed by atoms with E-state index in [1.54, 1.807) is 30.3 Å². The van der Waals surface area contributed by atoms with Gasteiger partial charge in [-0.05, 0) is 6.07 Å². The number of aliphatic hydroxyl groups excluding tert-OH is 2. The van der Waals surface area contributed by atoms with Crippen LogP contribution >= 0.6 is 0 Å². The van der Waals surface area contributed by atoms with Crippen LogP contribution in [0.2, 0.25) is 0 Å². The van der Waals surface area contributed by atoms with E-state index in [0.717, 1.165) is 0 Å². The van der Waals surface area contributed by atoms with E-state index in [4.69, 9.17) is 5.11 Å². The molecule has 7 heteroatoms. The normalized spacial score (nSPS) is 11.7. The average Bonchev–Trinajstić information content (AvgIpc) is 2.59. The molecule has 2 rings (SSSR count). The van der Waals surface area contributed by atoms with Crippen LogP contribution in [0.4, 0.5) is 11.4 Å². The number of benzene rings is 2. The highest BCUT2D eigenvalue weighted by atomic mass is 16.6. The predicted octanol–water partition coefficient (Wildman–Crippen LogP) is 1.59. The standard InChI is InChI=1S/C16H16N2O5/c19-10-13(20)9-17-15-7-6-12(18(22)23)8-14(15)16(21)11-4-2-1-3-5-11/h1-8,13,17,19-20H,9-10H2. The van der Waals surface area contributed by atoms with Gasteiger partial charge < -0.3 is 15.5 Å². The minimum atomic E-state index is -0.995. The quantitative estimate of drug-likeness (QED) is 0.406. The van der Waals surface area contributed by atoms with Gasteiger partial charge in [0.1, 0.15) is 0 Å². The number of nitrogens with zero attached hydrogens (tertiary/aromatic N) is 1. The Morgan fingerprint density at radius 3 is 2.52 bits per heavy atom. The van der Waals surface area contributed by atoms with Gasteiger partial charge in [-0.15, -0.1) is 0 Å². The lowest BCUT2D eigenvalue weighted by Crippen LogP contribution is -2.23. The van der Waals surface area contributed by atoms with Crippen molar-refractivity contribution in [2.75, 3.05) is 18.5 Å². The molecule has 7 nitrogen and oxygen atoms in total. The number of carbonyl (C=O) groups excluding carboxylic acids is 1. The van der Waals surface area contributed by atoms with E-state index < -0.39 is 17.6 Å². The molecule has 1 atom stereocenters. The number of hydrogen-bond donors (Lipinski definition) is 3. The zero-order valence-electron chi connectivity index (χ0n) is 12.2. The molecule has 2 aromatic carbocycles. The summed E-state index contributed by atoms with van der Waals surface area (Å²) in [5.41, 5.74) is 0.698. The molecule has 0 radical (unpaired) electrons. The first-order valence-electron chi connectivity index (χ1n) is 6.94. The van der Waals surface area contributed by atoms with E-state index in [1.165, 1.54) is 18.2 Å². The lowest BCUT2D eigenvalue weighted by Gasteiger charge is -2.13. The molecule has 120 valence electrons. The van der Waals surface area contributed by atoms with Crippen molar-refractivity contribution >= 4 is 17.2 Å². The largest absolute Gasteiger partial charge is 0.394 e. The van der Waals surface area contributed by atoms with Crippen molar-refractivity contribution < 1.29 is 19.9 Å². The number of nitrogens with one attached hydrogen (secondary N) is 1. The number of hydrogen-bond acceptors (Lipinski definition) is 6. The fourth-order valence-corrected chi connectivity index (χ4v) is 2.03. The van der Waals surface area contributed by atoms with Gasteiger partial charge in [0.05, 0.1) is 23.2 Å². The smallest absolute Gasteiger partial charge is 0.270 e. The Labute approximate surface area is 132 Å². The molecule has 0 fully saturated rings. The molecule has 1 unspecified atom stereocenters. The predicted molar refractivity (Wildman–Crippen MR) is 84.6 cm³/mol. The Bertz CT molecular complexity index is 703. The Balaban J connectivity index is 2.38. The summed E-state index contributed by atoms with van der Waals surface area (Å²) in [4.78, 5) is 22.9. The van der Waals surface area contributed by atoms with Crippen molar-refractivity contribution in [1.29, 1.82) is 0 Å². The molecule has 0 saturated carbocycles. The van der Waals surface area contributed by atoms with Crippen LogP contribution in [-0.2, 0) is 0 Å². The molecule has 0 amide bonds. The SMILES string of the molecule is O=C(c1ccccc1)c1cc([N+](=O)[O-])ccc1NCC(O)CO. The first-order valence-corrected chi connectivity index (χ1v) is 6.94. The molecule has 0 aromatic heterocycles. The van der Waals surface area contributed by atoms with Crippen LogP contribution in [0.5, 0.6) is 0 Å². The van der Waals surface area contributed by atoms with E-state index in [0.29, 0.717) is 11.3 Å². The lowest BCUT2D eigenvalue weighted by atomic mass is 10.0. The van der Waals surface area contributed by atoms with Gasteiger partial charge in [0, 0.05) is 29.9 Å². The maximum Gasteiger partial charge on any atom is 0.270 e. The third-order valence-corrected chi connectivity index (χ3v) is 3.23. The molecule has 0 spiro atoms. The molecule has 2 aromatic rings. The van der Waals surface area contributed by atoms with Crippen LogP contribution in [0.15, 0.2) is 48.5 Å². The van der Waals surface area contributed by atoms with Gasteiger partial charge in [-0.1, -0.05) is 30.3 Å². The fourth-order valence-electron chi connectivity index (χ4n) is 2.03. The number of aliphatic hydroxyl groups is 2. The second-order valence-corrected chi connectivity index (χ2v) is 4.90. The summed E-state index contributed by atoms with van der Waals surface area (Å²) in [6, 6.07) is 12.3. The Morgan fingerprint density at radius 1 is 1.22 bits per heavy atom. The van der Waals surface area contributed by atoms with Crippen LogP contribution < -0.4 is 5.32 Å². The first kappa shape index (κ1) is 16.6. The molecule has 0 heterocycles. The first-order chi connectivity index (χ1) is 11.0. The number of non-ortho nitro benzene ring substituents is 1. The minimum absolute atomic E-state index is 0.0172. The van der Waals surface area contributed by atoms with Crippen molar-refractivity contribution in [2.45, 2.75) is 6.10 Å². The lowest BCUT2D eigenvalue weighted by molar-refractivity contribution is -0.384. The van der Waals surface area contributed by atoms with Crippen molar-refractivity contribution in [3.05, 3.63) is 69.8 Å². The van der Waals surface area contributed by atoms with Crippen LogP contribution in [-0.4, -0.2) is 40.2 Å². The van der Waals surface area contributed by atoms with E-state index in [2.05, 4.69) is 5.32 Å². The number of nitro benzene ring substituents is 1. The fraction of sp³-hybridized carbons (Fsp3) is 0.188. The summed E-state index contributed by atoms with van der Waals surface area (Å²) in [7, 11) is 0. The van der Waals surface area contributed by atoms with Gasteiger partial charge in [-0.2, -0.15) is 0 Å². The van der Waals surface area contributed by atoms with Gasteiger partial charge in [0.25, 0.3) is 5.69 Å². The summed E-state index contributed by atoms with van der Waals surface area (Å²) in [6.07, 6.45) is -0.995. The van der Waals surface area contributed by atoms with E-state index in [1.807, 2.05) is 0 Å². The summed E-state index contributed by atoms with van der Waals surface area (Å²) < 4.78 is 0. The molecule has 0 aliphatic rings. The molecular formula is C16H16N2O5. The molecule has 23 heavy (non-hydrogen) atoms. The van der Waals surface area contributed by atoms with Crippen LogP contribution in [0.1, 0.15) is 15.9 Å². The summed E-state index contributed by atoms with van der Waals surface area (Å²) >= 11 is 0. The molecule has 0 saturated heterocycles. The number of ketones is 1. The van der Waals surface area contributed by atoms with Crippen molar-refractivity contribution in [3.8, 4) is 0 Å². The Morgan fingerprint density at radius 2 is 1.91 bits per heavy atom. The van der Waals surface area contributed by atoms with Gasteiger partial charge in [0.2, 0.25) is 0 Å². The number of nitro groups is 1. The van der Waals surface area contributed by atoms with Gasteiger partial charge >= 0.3 is 0 Å². The molecule has 0 aliphatic carbocycles. The zero-order chi connectivity index (χ0) is 16.8. The zero-order valence-corrected chi connectivity index (χ0v) is 12.2. The second kappa shape index (κ2) is 7.48. The minimum Gasteiger partial charge on any atom is -0.394 e. The van der Waals surface area contributed by atoms with E-state index in [9.17, 15) is 20.0 Å². The van der Waals surface area contributed by atoms with Crippen molar-refractivity contribution in [2.24, 2.45) is 0 Å². The van der Waals surface area contributed by atoms with E-state index in [-0.39, 0.29) is 23.6 Å². The van der Waals surface area contributed by atoms with Crippen LogP contribution in [0, 0.1) is 10.1 Å². The van der Waals surface area contributed by atoms with Crippen molar-refractivity contribution in [3.63, 3.8) is 0 Å². The van der Waals surface area contributed by atoms with Crippen molar-refractivity contribution in [1.82, 2.24) is 0 Å². The Hall–Kier alpha value is -2.77. The molecule has 0 bridgehead atoms. The summed E-state index contributed by atoms with van der Waals surface area (Å²) in [5, 5.41) is 32.0. The van der Waals surface area contributed by atoms with Gasteiger partial charge in [-0.25, -0.2) is 0 Å². The monoisotopic (exact) mass is 316 g/mol. The van der Waals surface area contributed by atoms with Crippen LogP contribution in [0.3, 0.4) is 0 Å². The maximum absolute atomic E-state index is 12.6. The second-order valence-electron chi connectivity index (χ2n) is 4.90. The Kier molecular flexibility index (Phi) is 5.40. The third kappa shape index (κ3) is 4.12.